The summed E-state index contributed by atoms with van der Waals surface area (Å²) < 4.78 is 32.0. The molecule has 23 heavy (non-hydrogen) atoms. The molecule has 0 radical (unpaired) electrons. The van der Waals surface area contributed by atoms with Gasteiger partial charge < -0.3 is 9.32 Å². The summed E-state index contributed by atoms with van der Waals surface area (Å²) in [5.74, 6) is -1.79. The summed E-state index contributed by atoms with van der Waals surface area (Å²) in [7, 11) is 1.60. The highest BCUT2D eigenvalue weighted by Crippen LogP contribution is 2.27. The molecule has 0 bridgehead atoms. The van der Waals surface area contributed by atoms with Crippen molar-refractivity contribution in [1.29, 1.82) is 0 Å². The van der Waals surface area contributed by atoms with Crippen LogP contribution in [-0.4, -0.2) is 17.9 Å². The maximum Gasteiger partial charge on any atom is 0.254 e. The van der Waals surface area contributed by atoms with Crippen LogP contribution in [0.15, 0.2) is 52.9 Å². The molecule has 5 heteroatoms. The molecule has 0 spiro atoms. The Morgan fingerprint density at radius 3 is 2.52 bits per heavy atom. The summed E-state index contributed by atoms with van der Waals surface area (Å²) in [5.41, 5.74) is 0.831. The van der Waals surface area contributed by atoms with Crippen molar-refractivity contribution in [3.63, 3.8) is 0 Å². The Bertz CT molecular complexity index is 839. The summed E-state index contributed by atoms with van der Waals surface area (Å²) in [6.45, 7) is 1.81. The molecule has 3 nitrogen and oxygen atoms in total. The van der Waals surface area contributed by atoms with Gasteiger partial charge >= 0.3 is 0 Å². The number of hydrogen-bond acceptors (Lipinski definition) is 2. The third-order valence-electron chi connectivity index (χ3n) is 3.92. The lowest BCUT2D eigenvalue weighted by Gasteiger charge is -2.23. The van der Waals surface area contributed by atoms with Gasteiger partial charge in [0.2, 0.25) is 0 Å². The van der Waals surface area contributed by atoms with Gasteiger partial charge in [0.1, 0.15) is 11.3 Å². The van der Waals surface area contributed by atoms with E-state index in [0.717, 1.165) is 23.1 Å². The van der Waals surface area contributed by atoms with E-state index < -0.39 is 17.5 Å². The molecule has 0 N–H and O–H groups in total. The number of halogens is 2. The Kier molecular flexibility index (Phi) is 3.86. The lowest BCUT2D eigenvalue weighted by atomic mass is 10.1. The molecule has 3 aromatic rings. The second-order valence-electron chi connectivity index (χ2n) is 5.41. The quantitative estimate of drug-likeness (QED) is 0.711. The topological polar surface area (TPSA) is 33.5 Å². The first kappa shape index (κ1) is 15.2. The van der Waals surface area contributed by atoms with Crippen LogP contribution >= 0.6 is 0 Å². The maximum atomic E-state index is 13.3. The fourth-order valence-corrected chi connectivity index (χ4v) is 2.41. The van der Waals surface area contributed by atoms with Gasteiger partial charge in [-0.15, -0.1) is 0 Å². The Morgan fingerprint density at radius 1 is 1.09 bits per heavy atom. The second-order valence-corrected chi connectivity index (χ2v) is 5.41. The molecule has 1 heterocycles. The number of amides is 1. The first-order valence-corrected chi connectivity index (χ1v) is 7.18. The average Bonchev–Trinajstić information content (AvgIpc) is 2.99. The average molecular weight is 315 g/mol. The molecule has 2 aromatic carbocycles. The monoisotopic (exact) mass is 315 g/mol. The number of fused-ring (bicyclic) bond motifs is 1. The Morgan fingerprint density at radius 2 is 1.83 bits per heavy atom. The van der Waals surface area contributed by atoms with Crippen molar-refractivity contribution < 1.29 is 18.0 Å². The fraction of sp³-hybridized carbons (Fsp3) is 0.167. The number of rotatable bonds is 3. The minimum atomic E-state index is -1.04. The van der Waals surface area contributed by atoms with Crippen LogP contribution in [0, 0.1) is 11.6 Å². The predicted octanol–water partition coefficient (Wildman–Crippen LogP) is 4.54. The van der Waals surface area contributed by atoms with Gasteiger partial charge in [0.25, 0.3) is 5.91 Å². The van der Waals surface area contributed by atoms with E-state index in [0.29, 0.717) is 5.76 Å². The van der Waals surface area contributed by atoms with Gasteiger partial charge in [-0.2, -0.15) is 0 Å². The zero-order chi connectivity index (χ0) is 16.6. The number of para-hydroxylation sites is 1. The van der Waals surface area contributed by atoms with E-state index in [4.69, 9.17) is 4.42 Å². The molecule has 1 aromatic heterocycles. The van der Waals surface area contributed by atoms with Gasteiger partial charge in [-0.3, -0.25) is 4.79 Å². The van der Waals surface area contributed by atoms with Gasteiger partial charge in [0, 0.05) is 18.0 Å². The lowest BCUT2D eigenvalue weighted by Crippen LogP contribution is -2.29. The molecule has 0 aliphatic carbocycles. The zero-order valence-corrected chi connectivity index (χ0v) is 12.7. The Labute approximate surface area is 132 Å². The molecule has 0 saturated carbocycles. The van der Waals surface area contributed by atoms with Crippen LogP contribution in [-0.2, 0) is 0 Å². The molecule has 0 saturated heterocycles. The van der Waals surface area contributed by atoms with Gasteiger partial charge in [-0.25, -0.2) is 8.78 Å². The first-order chi connectivity index (χ1) is 11.0. The smallest absolute Gasteiger partial charge is 0.254 e. The van der Waals surface area contributed by atoms with Crippen LogP contribution in [0.2, 0.25) is 0 Å². The maximum absolute atomic E-state index is 13.3. The van der Waals surface area contributed by atoms with E-state index in [1.54, 1.807) is 7.05 Å². The summed E-state index contributed by atoms with van der Waals surface area (Å²) >= 11 is 0. The fourth-order valence-electron chi connectivity index (χ4n) is 2.41. The van der Waals surface area contributed by atoms with E-state index in [2.05, 4.69) is 0 Å². The number of carbonyl (C=O) groups is 1. The van der Waals surface area contributed by atoms with Crippen molar-refractivity contribution in [3.8, 4) is 0 Å². The number of carbonyl (C=O) groups excluding carboxylic acids is 1. The third kappa shape index (κ3) is 2.82. The molecule has 118 valence electrons. The van der Waals surface area contributed by atoms with Crippen LogP contribution < -0.4 is 0 Å². The zero-order valence-electron chi connectivity index (χ0n) is 12.7. The molecule has 0 aliphatic rings. The van der Waals surface area contributed by atoms with Crippen LogP contribution in [0.1, 0.15) is 29.1 Å². The molecular weight excluding hydrogens is 300 g/mol. The minimum Gasteiger partial charge on any atom is -0.459 e. The highest BCUT2D eigenvalue weighted by molar-refractivity contribution is 5.94. The Balaban J connectivity index is 1.87. The summed E-state index contributed by atoms with van der Waals surface area (Å²) in [6.07, 6.45) is 0. The van der Waals surface area contributed by atoms with Crippen LogP contribution in [0.25, 0.3) is 11.0 Å². The summed E-state index contributed by atoms with van der Waals surface area (Å²) in [4.78, 5) is 13.9. The lowest BCUT2D eigenvalue weighted by molar-refractivity contribution is 0.0727. The SMILES string of the molecule is CC(c1cc2ccccc2o1)N(C)C(=O)c1ccc(F)c(F)c1. The van der Waals surface area contributed by atoms with E-state index >= 15 is 0 Å². The third-order valence-corrected chi connectivity index (χ3v) is 3.92. The van der Waals surface area contributed by atoms with Gasteiger partial charge in [-0.05, 0) is 37.3 Å². The van der Waals surface area contributed by atoms with Crippen LogP contribution in [0.5, 0.6) is 0 Å². The van der Waals surface area contributed by atoms with Crippen molar-refractivity contribution in [2.45, 2.75) is 13.0 Å². The molecule has 0 fully saturated rings. The molecule has 0 aliphatic heterocycles. The van der Waals surface area contributed by atoms with Crippen molar-refractivity contribution in [2.75, 3.05) is 7.05 Å². The van der Waals surface area contributed by atoms with Crippen molar-refractivity contribution in [2.24, 2.45) is 0 Å². The van der Waals surface area contributed by atoms with E-state index in [1.165, 1.54) is 11.0 Å². The largest absolute Gasteiger partial charge is 0.459 e. The van der Waals surface area contributed by atoms with E-state index in [1.807, 2.05) is 37.3 Å². The molecule has 3 rings (SSSR count). The van der Waals surface area contributed by atoms with Gasteiger partial charge in [-0.1, -0.05) is 18.2 Å². The molecular formula is C18H15F2NO2. The van der Waals surface area contributed by atoms with Gasteiger partial charge in [0.15, 0.2) is 11.6 Å². The Hall–Kier alpha value is -2.69. The van der Waals surface area contributed by atoms with Crippen LogP contribution in [0.4, 0.5) is 8.78 Å². The van der Waals surface area contributed by atoms with Crippen molar-refractivity contribution in [3.05, 3.63) is 71.5 Å². The molecule has 1 amide bonds. The molecule has 1 atom stereocenters. The van der Waals surface area contributed by atoms with Crippen LogP contribution in [0.3, 0.4) is 0 Å². The van der Waals surface area contributed by atoms with E-state index in [9.17, 15) is 13.6 Å². The summed E-state index contributed by atoms with van der Waals surface area (Å²) in [5, 5.41) is 0.947. The first-order valence-electron chi connectivity index (χ1n) is 7.18. The van der Waals surface area contributed by atoms with E-state index in [-0.39, 0.29) is 11.6 Å². The summed E-state index contributed by atoms with van der Waals surface area (Å²) in [6, 6.07) is 12.2. The number of furan rings is 1. The standard InChI is InChI=1S/C18H15F2NO2/c1-11(17-10-12-5-3-4-6-16(12)23-17)21(2)18(22)13-7-8-14(19)15(20)9-13/h3-11H,1-2H3. The van der Waals surface area contributed by atoms with Crippen molar-refractivity contribution in [1.82, 2.24) is 4.90 Å². The highest BCUT2D eigenvalue weighted by atomic mass is 19.2. The van der Waals surface area contributed by atoms with Gasteiger partial charge in [0.05, 0.1) is 6.04 Å². The minimum absolute atomic E-state index is 0.0920. The normalized spacial score (nSPS) is 12.3. The number of hydrogen-bond donors (Lipinski definition) is 0. The number of nitrogens with zero attached hydrogens (tertiary/aromatic N) is 1. The second kappa shape index (κ2) is 5.83. The number of benzene rings is 2. The molecule has 1 unspecified atom stereocenters. The predicted molar refractivity (Wildman–Crippen MR) is 83.1 cm³/mol. The van der Waals surface area contributed by atoms with Crippen molar-refractivity contribution >= 4 is 16.9 Å². The highest BCUT2D eigenvalue weighted by Gasteiger charge is 2.22.